The van der Waals surface area contributed by atoms with Gasteiger partial charge in [0.2, 0.25) is 0 Å². The number of hydrogen-bond acceptors (Lipinski definition) is 3. The molecule has 1 heterocycles. The summed E-state index contributed by atoms with van der Waals surface area (Å²) in [5.41, 5.74) is 0.952. The Labute approximate surface area is 141 Å². The first-order valence-corrected chi connectivity index (χ1v) is 7.84. The van der Waals surface area contributed by atoms with Gasteiger partial charge in [-0.3, -0.25) is 4.79 Å². The predicted octanol–water partition coefficient (Wildman–Crippen LogP) is 3.95. The van der Waals surface area contributed by atoms with Crippen LogP contribution in [0, 0.1) is 0 Å². The molecule has 0 radical (unpaired) electrons. The molecule has 3 aromatic rings. The molecule has 24 heavy (non-hydrogen) atoms. The fourth-order valence-corrected chi connectivity index (χ4v) is 2.44. The Hall–Kier alpha value is -3.01. The number of nitrogens with one attached hydrogen (secondary N) is 1. The highest BCUT2D eigenvalue weighted by molar-refractivity contribution is 5.81. The summed E-state index contributed by atoms with van der Waals surface area (Å²) in [6.07, 6.45) is 0.981. The molecule has 0 aliphatic heterocycles. The summed E-state index contributed by atoms with van der Waals surface area (Å²) in [4.78, 5) is 12.5. The minimum Gasteiger partial charge on any atom is -0.481 e. The number of furan rings is 1. The molecule has 0 fully saturated rings. The molecule has 4 heteroatoms. The first-order valence-electron chi connectivity index (χ1n) is 7.84. The van der Waals surface area contributed by atoms with E-state index in [2.05, 4.69) is 5.32 Å². The highest BCUT2D eigenvalue weighted by Crippen LogP contribution is 2.22. The van der Waals surface area contributed by atoms with Gasteiger partial charge in [0, 0.05) is 0 Å². The first kappa shape index (κ1) is 15.9. The van der Waals surface area contributed by atoms with Crippen LogP contribution in [0.4, 0.5) is 0 Å². The van der Waals surface area contributed by atoms with Gasteiger partial charge in [-0.25, -0.2) is 0 Å². The Balaban J connectivity index is 1.74. The van der Waals surface area contributed by atoms with Crippen LogP contribution in [-0.2, 0) is 4.79 Å². The third kappa shape index (κ3) is 3.84. The van der Waals surface area contributed by atoms with Crippen LogP contribution < -0.4 is 10.1 Å². The highest BCUT2D eigenvalue weighted by atomic mass is 16.5. The Kier molecular flexibility index (Phi) is 4.96. The number of carbonyl (C=O) groups excluding carboxylic acids is 1. The van der Waals surface area contributed by atoms with Crippen molar-refractivity contribution in [1.82, 2.24) is 5.32 Å². The van der Waals surface area contributed by atoms with Gasteiger partial charge in [-0.2, -0.15) is 0 Å². The van der Waals surface area contributed by atoms with Crippen molar-refractivity contribution in [3.05, 3.63) is 90.4 Å². The van der Waals surface area contributed by atoms with Gasteiger partial charge in [-0.1, -0.05) is 48.5 Å². The maximum absolute atomic E-state index is 12.5. The number of benzene rings is 2. The molecule has 0 spiro atoms. The smallest absolute Gasteiger partial charge is 0.261 e. The Morgan fingerprint density at radius 1 is 0.958 bits per heavy atom. The zero-order valence-electron chi connectivity index (χ0n) is 13.4. The van der Waals surface area contributed by atoms with Gasteiger partial charge in [0.05, 0.1) is 6.26 Å². The molecule has 0 saturated carbocycles. The van der Waals surface area contributed by atoms with Gasteiger partial charge in [0.25, 0.3) is 5.91 Å². The van der Waals surface area contributed by atoms with Gasteiger partial charge in [0.1, 0.15) is 17.6 Å². The second kappa shape index (κ2) is 7.51. The van der Waals surface area contributed by atoms with Crippen LogP contribution in [0.3, 0.4) is 0 Å². The molecule has 4 nitrogen and oxygen atoms in total. The lowest BCUT2D eigenvalue weighted by Gasteiger charge is -2.20. The number of carbonyl (C=O) groups is 1. The van der Waals surface area contributed by atoms with Gasteiger partial charge in [-0.05, 0) is 36.8 Å². The first-order chi connectivity index (χ1) is 11.7. The monoisotopic (exact) mass is 321 g/mol. The summed E-state index contributed by atoms with van der Waals surface area (Å²) in [5, 5.41) is 3.00. The van der Waals surface area contributed by atoms with Crippen LogP contribution in [-0.4, -0.2) is 12.0 Å². The average molecular weight is 321 g/mol. The Morgan fingerprint density at radius 2 is 1.62 bits per heavy atom. The van der Waals surface area contributed by atoms with E-state index in [1.165, 1.54) is 0 Å². The van der Waals surface area contributed by atoms with Crippen molar-refractivity contribution in [1.29, 1.82) is 0 Å². The van der Waals surface area contributed by atoms with E-state index in [1.54, 1.807) is 19.3 Å². The third-order valence-electron chi connectivity index (χ3n) is 3.67. The third-order valence-corrected chi connectivity index (χ3v) is 3.67. The van der Waals surface area contributed by atoms with Crippen molar-refractivity contribution in [2.45, 2.75) is 19.1 Å². The standard InChI is InChI=1S/C20H19NO3/c1-15(24-17-11-6-3-7-12-17)20(22)21-19(18-13-8-14-23-18)16-9-4-2-5-10-16/h2-15,19H,1H3,(H,21,22). The molecule has 2 aromatic carbocycles. The van der Waals surface area contributed by atoms with E-state index < -0.39 is 6.10 Å². The molecular weight excluding hydrogens is 302 g/mol. The maximum Gasteiger partial charge on any atom is 0.261 e. The van der Waals surface area contributed by atoms with E-state index in [-0.39, 0.29) is 11.9 Å². The molecular formula is C20H19NO3. The molecule has 1 aromatic heterocycles. The Morgan fingerprint density at radius 3 is 2.25 bits per heavy atom. The second-order valence-electron chi connectivity index (χ2n) is 5.44. The minimum atomic E-state index is -0.617. The van der Waals surface area contributed by atoms with Crippen molar-refractivity contribution >= 4 is 5.91 Å². The van der Waals surface area contributed by atoms with Crippen LogP contribution in [0.5, 0.6) is 5.75 Å². The van der Waals surface area contributed by atoms with Crippen molar-refractivity contribution in [3.8, 4) is 5.75 Å². The lowest BCUT2D eigenvalue weighted by molar-refractivity contribution is -0.127. The maximum atomic E-state index is 12.5. The molecule has 0 bridgehead atoms. The molecule has 1 N–H and O–H groups in total. The summed E-state index contributed by atoms with van der Waals surface area (Å²) in [5.74, 6) is 1.14. The number of amides is 1. The number of rotatable bonds is 6. The normalized spacial score (nSPS) is 13.0. The van der Waals surface area contributed by atoms with Crippen molar-refractivity contribution in [2.24, 2.45) is 0 Å². The van der Waals surface area contributed by atoms with E-state index in [0.717, 1.165) is 5.56 Å². The molecule has 1 amide bonds. The number of ether oxygens (including phenoxy) is 1. The van der Waals surface area contributed by atoms with Gasteiger partial charge < -0.3 is 14.5 Å². The molecule has 3 rings (SSSR count). The highest BCUT2D eigenvalue weighted by Gasteiger charge is 2.23. The average Bonchev–Trinajstić information content (AvgIpc) is 3.15. The zero-order valence-corrected chi connectivity index (χ0v) is 13.4. The van der Waals surface area contributed by atoms with Gasteiger partial charge in [-0.15, -0.1) is 0 Å². The summed E-state index contributed by atoms with van der Waals surface area (Å²) in [7, 11) is 0. The molecule has 2 atom stereocenters. The zero-order chi connectivity index (χ0) is 16.8. The van der Waals surface area contributed by atoms with Crippen LogP contribution in [0.1, 0.15) is 24.3 Å². The number of para-hydroxylation sites is 1. The second-order valence-corrected chi connectivity index (χ2v) is 5.44. The van der Waals surface area contributed by atoms with Gasteiger partial charge >= 0.3 is 0 Å². The van der Waals surface area contributed by atoms with Crippen molar-refractivity contribution in [3.63, 3.8) is 0 Å². The van der Waals surface area contributed by atoms with Crippen molar-refractivity contribution in [2.75, 3.05) is 0 Å². The van der Waals surface area contributed by atoms with E-state index in [0.29, 0.717) is 11.5 Å². The predicted molar refractivity (Wildman–Crippen MR) is 91.7 cm³/mol. The van der Waals surface area contributed by atoms with Gasteiger partial charge in [0.15, 0.2) is 6.10 Å². The fourth-order valence-electron chi connectivity index (χ4n) is 2.44. The molecule has 0 aliphatic carbocycles. The largest absolute Gasteiger partial charge is 0.481 e. The topological polar surface area (TPSA) is 51.5 Å². The number of hydrogen-bond donors (Lipinski definition) is 1. The van der Waals surface area contributed by atoms with Crippen LogP contribution in [0.2, 0.25) is 0 Å². The van der Waals surface area contributed by atoms with E-state index in [9.17, 15) is 4.79 Å². The summed E-state index contributed by atoms with van der Waals surface area (Å²) in [6, 6.07) is 22.3. The van der Waals surface area contributed by atoms with E-state index in [1.807, 2.05) is 66.7 Å². The van der Waals surface area contributed by atoms with E-state index in [4.69, 9.17) is 9.15 Å². The lowest BCUT2D eigenvalue weighted by atomic mass is 10.0. The summed E-state index contributed by atoms with van der Waals surface area (Å²) < 4.78 is 11.2. The van der Waals surface area contributed by atoms with Crippen LogP contribution in [0.25, 0.3) is 0 Å². The molecule has 0 saturated heterocycles. The minimum absolute atomic E-state index is 0.205. The SMILES string of the molecule is CC(Oc1ccccc1)C(=O)NC(c1ccccc1)c1ccco1. The van der Waals surface area contributed by atoms with Crippen LogP contribution in [0.15, 0.2) is 83.5 Å². The van der Waals surface area contributed by atoms with Crippen molar-refractivity contribution < 1.29 is 13.9 Å². The lowest BCUT2D eigenvalue weighted by Crippen LogP contribution is -2.38. The molecule has 0 aliphatic rings. The summed E-state index contributed by atoms with van der Waals surface area (Å²) in [6.45, 7) is 1.73. The fraction of sp³-hybridized carbons (Fsp3) is 0.150. The quantitative estimate of drug-likeness (QED) is 0.748. The van der Waals surface area contributed by atoms with E-state index >= 15 is 0 Å². The molecule has 2 unspecified atom stereocenters. The molecule has 122 valence electrons. The Bertz CT molecular complexity index is 754. The summed E-state index contributed by atoms with van der Waals surface area (Å²) >= 11 is 0. The van der Waals surface area contributed by atoms with Crippen LogP contribution >= 0.6 is 0 Å².